The van der Waals surface area contributed by atoms with Gasteiger partial charge in [-0.3, -0.25) is 14.6 Å². The molecule has 3 rings (SSSR count). The number of thiazole rings is 1. The molecule has 0 bridgehead atoms. The van der Waals surface area contributed by atoms with Crippen LogP contribution >= 0.6 is 22.9 Å². The van der Waals surface area contributed by atoms with Crippen molar-refractivity contribution in [1.29, 1.82) is 0 Å². The van der Waals surface area contributed by atoms with E-state index in [0.29, 0.717) is 31.0 Å². The third kappa shape index (κ3) is 4.13. The first kappa shape index (κ1) is 16.9. The second kappa shape index (κ2) is 7.77. The Labute approximate surface area is 149 Å². The van der Waals surface area contributed by atoms with E-state index < -0.39 is 0 Å². The summed E-state index contributed by atoms with van der Waals surface area (Å²) in [6, 6.07) is 6.97. The average Bonchev–Trinajstić information content (AvgIpc) is 3.25. The van der Waals surface area contributed by atoms with Crippen molar-refractivity contribution in [3.63, 3.8) is 0 Å². The molecule has 1 aliphatic rings. The van der Waals surface area contributed by atoms with E-state index in [2.05, 4.69) is 10.3 Å². The van der Waals surface area contributed by atoms with E-state index >= 15 is 0 Å². The molecule has 2 heterocycles. The molecular weight excluding hydrogens is 346 g/mol. The van der Waals surface area contributed by atoms with Crippen LogP contribution in [0, 0.1) is 0 Å². The quantitative estimate of drug-likeness (QED) is 0.888. The molecule has 2 amide bonds. The zero-order valence-electron chi connectivity index (χ0n) is 13.1. The van der Waals surface area contributed by atoms with Crippen LogP contribution in [0.15, 0.2) is 36.0 Å². The molecule has 1 saturated heterocycles. The van der Waals surface area contributed by atoms with Gasteiger partial charge >= 0.3 is 0 Å². The minimum Gasteiger partial charge on any atom is -0.350 e. The summed E-state index contributed by atoms with van der Waals surface area (Å²) in [5.74, 6) is -0.108. The lowest BCUT2D eigenvalue weighted by Gasteiger charge is -2.23. The molecule has 1 atom stereocenters. The number of halogens is 1. The highest BCUT2D eigenvalue weighted by Gasteiger charge is 2.33. The molecule has 7 heteroatoms. The van der Waals surface area contributed by atoms with Crippen LogP contribution in [0.1, 0.15) is 23.3 Å². The SMILES string of the molecule is O=C(NCc1ccc(Cl)cc1)[C@@H]1CCCN1C(=O)Cc1cncs1. The third-order valence-corrected chi connectivity index (χ3v) is 5.10. The number of hydrogen-bond donors (Lipinski definition) is 1. The molecule has 126 valence electrons. The minimum atomic E-state index is -0.377. The highest BCUT2D eigenvalue weighted by molar-refractivity contribution is 7.09. The molecule has 0 spiro atoms. The molecule has 0 saturated carbocycles. The predicted octanol–water partition coefficient (Wildman–Crippen LogP) is 2.65. The second-order valence-electron chi connectivity index (χ2n) is 5.73. The van der Waals surface area contributed by atoms with Gasteiger partial charge in [0.2, 0.25) is 11.8 Å². The summed E-state index contributed by atoms with van der Waals surface area (Å²) < 4.78 is 0. The fraction of sp³-hybridized carbons (Fsp3) is 0.353. The zero-order chi connectivity index (χ0) is 16.9. The van der Waals surface area contributed by atoms with Gasteiger partial charge in [0.1, 0.15) is 6.04 Å². The van der Waals surface area contributed by atoms with Crippen LogP contribution in [0.2, 0.25) is 5.02 Å². The number of carbonyl (C=O) groups is 2. The normalized spacial score (nSPS) is 17.0. The summed E-state index contributed by atoms with van der Waals surface area (Å²) in [4.78, 5) is 31.5. The molecule has 1 aromatic heterocycles. The largest absolute Gasteiger partial charge is 0.350 e. The highest BCUT2D eigenvalue weighted by Crippen LogP contribution is 2.20. The van der Waals surface area contributed by atoms with Crippen molar-refractivity contribution in [2.75, 3.05) is 6.54 Å². The van der Waals surface area contributed by atoms with Crippen molar-refractivity contribution in [1.82, 2.24) is 15.2 Å². The topological polar surface area (TPSA) is 62.3 Å². The summed E-state index contributed by atoms with van der Waals surface area (Å²) in [6.07, 6.45) is 3.58. The van der Waals surface area contributed by atoms with Gasteiger partial charge in [-0.25, -0.2) is 0 Å². The van der Waals surface area contributed by atoms with Gasteiger partial charge in [0.25, 0.3) is 0 Å². The molecule has 24 heavy (non-hydrogen) atoms. The number of aromatic nitrogens is 1. The van der Waals surface area contributed by atoms with Gasteiger partial charge in [0, 0.05) is 29.2 Å². The average molecular weight is 364 g/mol. The molecule has 0 radical (unpaired) electrons. The number of nitrogens with one attached hydrogen (secondary N) is 1. The molecule has 1 fully saturated rings. The Kier molecular flexibility index (Phi) is 5.48. The van der Waals surface area contributed by atoms with Crippen LogP contribution < -0.4 is 5.32 Å². The Morgan fingerprint density at radius 2 is 2.12 bits per heavy atom. The van der Waals surface area contributed by atoms with Crippen molar-refractivity contribution >= 4 is 34.8 Å². The van der Waals surface area contributed by atoms with E-state index in [4.69, 9.17) is 11.6 Å². The molecule has 0 aliphatic carbocycles. The Hall–Kier alpha value is -1.92. The number of amides is 2. The first-order valence-electron chi connectivity index (χ1n) is 7.82. The van der Waals surface area contributed by atoms with Gasteiger partial charge in [0.15, 0.2) is 0 Å². The van der Waals surface area contributed by atoms with Gasteiger partial charge in [0.05, 0.1) is 11.9 Å². The minimum absolute atomic E-state index is 0.0107. The maximum atomic E-state index is 12.5. The number of hydrogen-bond acceptors (Lipinski definition) is 4. The van der Waals surface area contributed by atoms with Gasteiger partial charge in [-0.2, -0.15) is 0 Å². The van der Waals surface area contributed by atoms with Crippen LogP contribution in [0.25, 0.3) is 0 Å². The molecule has 2 aromatic rings. The monoisotopic (exact) mass is 363 g/mol. The van der Waals surface area contributed by atoms with Crippen LogP contribution in [0.4, 0.5) is 0 Å². The molecular formula is C17H18ClN3O2S. The van der Waals surface area contributed by atoms with Crippen LogP contribution in [-0.2, 0) is 22.6 Å². The smallest absolute Gasteiger partial charge is 0.243 e. The maximum Gasteiger partial charge on any atom is 0.243 e. The lowest BCUT2D eigenvalue weighted by atomic mass is 10.1. The van der Waals surface area contributed by atoms with Crippen LogP contribution in [0.3, 0.4) is 0 Å². The lowest BCUT2D eigenvalue weighted by molar-refractivity contribution is -0.138. The van der Waals surface area contributed by atoms with Gasteiger partial charge < -0.3 is 10.2 Å². The summed E-state index contributed by atoms with van der Waals surface area (Å²) in [5.41, 5.74) is 2.69. The van der Waals surface area contributed by atoms with E-state index in [0.717, 1.165) is 16.9 Å². The molecule has 1 aliphatic heterocycles. The van der Waals surface area contributed by atoms with E-state index in [1.165, 1.54) is 11.3 Å². The Morgan fingerprint density at radius 3 is 2.83 bits per heavy atom. The Balaban J connectivity index is 1.56. The Morgan fingerprint density at radius 1 is 1.33 bits per heavy atom. The zero-order valence-corrected chi connectivity index (χ0v) is 14.6. The number of carbonyl (C=O) groups excluding carboxylic acids is 2. The van der Waals surface area contributed by atoms with Crippen molar-refractivity contribution < 1.29 is 9.59 Å². The van der Waals surface area contributed by atoms with Crippen molar-refractivity contribution in [2.24, 2.45) is 0 Å². The first-order valence-corrected chi connectivity index (χ1v) is 9.08. The fourth-order valence-corrected chi connectivity index (χ4v) is 3.54. The van der Waals surface area contributed by atoms with Crippen LogP contribution in [-0.4, -0.2) is 34.3 Å². The summed E-state index contributed by atoms with van der Waals surface area (Å²) in [5, 5.41) is 3.59. The van der Waals surface area contributed by atoms with Gasteiger partial charge in [-0.05, 0) is 30.5 Å². The molecule has 5 nitrogen and oxygen atoms in total. The van der Waals surface area contributed by atoms with E-state index in [1.54, 1.807) is 28.7 Å². The lowest BCUT2D eigenvalue weighted by Crippen LogP contribution is -2.46. The summed E-state index contributed by atoms with van der Waals surface area (Å²) in [6.45, 7) is 1.07. The standard InChI is InChI=1S/C17H18ClN3O2S/c18-13-5-3-12(4-6-13)9-20-17(23)15-2-1-7-21(15)16(22)8-14-10-19-11-24-14/h3-6,10-11,15H,1-2,7-9H2,(H,20,23)/t15-/m0/s1. The maximum absolute atomic E-state index is 12.5. The predicted molar refractivity (Wildman–Crippen MR) is 93.9 cm³/mol. The second-order valence-corrected chi connectivity index (χ2v) is 7.14. The Bertz CT molecular complexity index is 703. The van der Waals surface area contributed by atoms with E-state index in [1.807, 2.05) is 12.1 Å². The third-order valence-electron chi connectivity index (χ3n) is 4.06. The van der Waals surface area contributed by atoms with Gasteiger partial charge in [-0.15, -0.1) is 11.3 Å². The van der Waals surface area contributed by atoms with Crippen molar-refractivity contribution in [3.8, 4) is 0 Å². The number of benzene rings is 1. The fourth-order valence-electron chi connectivity index (χ4n) is 2.83. The number of nitrogens with zero attached hydrogens (tertiary/aromatic N) is 2. The van der Waals surface area contributed by atoms with Gasteiger partial charge in [-0.1, -0.05) is 23.7 Å². The molecule has 1 N–H and O–H groups in total. The van der Waals surface area contributed by atoms with E-state index in [9.17, 15) is 9.59 Å². The first-order chi connectivity index (χ1) is 11.6. The van der Waals surface area contributed by atoms with Crippen molar-refractivity contribution in [3.05, 3.63) is 51.4 Å². The van der Waals surface area contributed by atoms with Crippen molar-refractivity contribution in [2.45, 2.75) is 31.8 Å². The molecule has 1 aromatic carbocycles. The molecule has 0 unspecified atom stereocenters. The highest BCUT2D eigenvalue weighted by atomic mass is 35.5. The number of rotatable bonds is 5. The van der Waals surface area contributed by atoms with Crippen LogP contribution in [0.5, 0.6) is 0 Å². The number of likely N-dealkylation sites (tertiary alicyclic amines) is 1. The van der Waals surface area contributed by atoms with E-state index in [-0.39, 0.29) is 17.9 Å². The summed E-state index contributed by atoms with van der Waals surface area (Å²) >= 11 is 7.31. The summed E-state index contributed by atoms with van der Waals surface area (Å²) in [7, 11) is 0.